The molecule has 0 atom stereocenters. The highest BCUT2D eigenvalue weighted by atomic mass is 32.9. The van der Waals surface area contributed by atoms with Gasteiger partial charge in [-0.15, -0.1) is 0 Å². The van der Waals surface area contributed by atoms with Crippen LogP contribution in [0.3, 0.4) is 0 Å². The van der Waals surface area contributed by atoms with Gasteiger partial charge in [-0.3, -0.25) is 0 Å². The van der Waals surface area contributed by atoms with Gasteiger partial charge in [0.1, 0.15) is 0 Å². The number of nitrogens with zero attached hydrogens (tertiary/aromatic N) is 1. The van der Waals surface area contributed by atoms with Crippen LogP contribution in [-0.2, 0) is 33.9 Å². The maximum atomic E-state index is 5.50. The van der Waals surface area contributed by atoms with Gasteiger partial charge in [0.15, 0.2) is 0 Å². The summed E-state index contributed by atoms with van der Waals surface area (Å²) in [5, 5.41) is 0. The first-order valence-corrected chi connectivity index (χ1v) is 10.9. The molecule has 0 saturated carbocycles. The van der Waals surface area contributed by atoms with Gasteiger partial charge in [0.2, 0.25) is 0 Å². The van der Waals surface area contributed by atoms with Crippen molar-refractivity contribution >= 4 is 29.1 Å². The second-order valence-electron chi connectivity index (χ2n) is 4.66. The Hall–Kier alpha value is -0.680. The Kier molecular flexibility index (Phi) is 7.09. The summed E-state index contributed by atoms with van der Waals surface area (Å²) in [6.45, 7) is 1.57. The van der Waals surface area contributed by atoms with Crippen LogP contribution in [0.1, 0.15) is 11.1 Å². The van der Waals surface area contributed by atoms with E-state index in [0.29, 0.717) is 0 Å². The Morgan fingerprint density at radius 1 is 0.864 bits per heavy atom. The minimum atomic E-state index is -2.34. The fraction of sp³-hybridized carbons (Fsp3) is 0.250. The summed E-state index contributed by atoms with van der Waals surface area (Å²) in [5.74, 6) is 0. The molecule has 2 aromatic rings. The van der Waals surface area contributed by atoms with Crippen molar-refractivity contribution in [2.45, 2.75) is 13.1 Å². The van der Waals surface area contributed by atoms with Gasteiger partial charge >= 0.3 is 0 Å². The molecule has 22 heavy (non-hydrogen) atoms. The standard InChI is InChI=1S/C16H20NO2PS2/c1-18-20(21,19-2)22-17(13-15-9-5-3-6-10-15)14-16-11-7-4-8-12-16/h3-12H,13-14H2,1-2H3. The number of rotatable bonds is 8. The fourth-order valence-corrected chi connectivity index (χ4v) is 5.39. The van der Waals surface area contributed by atoms with Crippen LogP contribution in [0.15, 0.2) is 60.7 Å². The molecule has 0 bridgehead atoms. The molecule has 0 heterocycles. The van der Waals surface area contributed by atoms with Gasteiger partial charge < -0.3 is 9.05 Å². The van der Waals surface area contributed by atoms with E-state index in [1.165, 1.54) is 22.7 Å². The van der Waals surface area contributed by atoms with Crippen LogP contribution in [0.2, 0.25) is 0 Å². The molecule has 6 heteroatoms. The van der Waals surface area contributed by atoms with E-state index < -0.39 is 5.69 Å². The maximum absolute atomic E-state index is 5.50. The van der Waals surface area contributed by atoms with Crippen molar-refractivity contribution < 1.29 is 9.05 Å². The molecule has 0 unspecified atom stereocenters. The molecule has 0 amide bonds. The second-order valence-corrected chi connectivity index (χ2v) is 11.0. The lowest BCUT2D eigenvalue weighted by molar-refractivity contribution is 0.351. The van der Waals surface area contributed by atoms with E-state index in [0.717, 1.165) is 13.1 Å². The SMILES string of the molecule is COP(=S)(OC)SN(Cc1ccccc1)Cc1ccccc1. The zero-order valence-electron chi connectivity index (χ0n) is 12.7. The second kappa shape index (κ2) is 8.82. The highest BCUT2D eigenvalue weighted by molar-refractivity contribution is 8.66. The molecular weight excluding hydrogens is 333 g/mol. The largest absolute Gasteiger partial charge is 0.324 e. The average Bonchev–Trinajstić information content (AvgIpc) is 2.56. The van der Waals surface area contributed by atoms with Crippen LogP contribution >= 0.6 is 17.3 Å². The highest BCUT2D eigenvalue weighted by Crippen LogP contribution is 2.61. The smallest absolute Gasteiger partial charge is 0.261 e. The van der Waals surface area contributed by atoms with Gasteiger partial charge in [-0.1, -0.05) is 60.7 Å². The van der Waals surface area contributed by atoms with Gasteiger partial charge in [0.25, 0.3) is 5.69 Å². The zero-order valence-corrected chi connectivity index (χ0v) is 15.2. The molecule has 0 aliphatic carbocycles. The van der Waals surface area contributed by atoms with Crippen LogP contribution in [-0.4, -0.2) is 18.5 Å². The Labute approximate surface area is 141 Å². The quantitative estimate of drug-likeness (QED) is 0.498. The molecule has 0 radical (unpaired) electrons. The summed E-state index contributed by atoms with van der Waals surface area (Å²) in [4.78, 5) is 0. The van der Waals surface area contributed by atoms with E-state index in [2.05, 4.69) is 28.6 Å². The van der Waals surface area contributed by atoms with Crippen LogP contribution in [0.4, 0.5) is 0 Å². The highest BCUT2D eigenvalue weighted by Gasteiger charge is 2.22. The van der Waals surface area contributed by atoms with Crippen LogP contribution in [0, 0.1) is 0 Å². The van der Waals surface area contributed by atoms with E-state index >= 15 is 0 Å². The minimum Gasteiger partial charge on any atom is -0.324 e. The molecule has 2 aromatic carbocycles. The Morgan fingerprint density at radius 3 is 1.64 bits per heavy atom. The molecule has 0 aliphatic rings. The first kappa shape index (κ1) is 17.7. The van der Waals surface area contributed by atoms with Gasteiger partial charge in [-0.05, 0) is 22.9 Å². The predicted octanol–water partition coefficient (Wildman–Crippen LogP) is 4.85. The van der Waals surface area contributed by atoms with Gasteiger partial charge in [0.05, 0.1) is 0 Å². The third-order valence-corrected chi connectivity index (χ3v) is 8.33. The number of hydrogen-bond acceptors (Lipinski definition) is 5. The van der Waals surface area contributed by atoms with Crippen molar-refractivity contribution in [2.75, 3.05) is 14.2 Å². The van der Waals surface area contributed by atoms with E-state index in [1.54, 1.807) is 14.2 Å². The Morgan fingerprint density at radius 2 is 1.27 bits per heavy atom. The summed E-state index contributed by atoms with van der Waals surface area (Å²) in [7, 11) is 3.22. The van der Waals surface area contributed by atoms with Crippen LogP contribution in [0.25, 0.3) is 0 Å². The normalized spacial score (nSPS) is 11.8. The van der Waals surface area contributed by atoms with Crippen molar-refractivity contribution in [3.8, 4) is 0 Å². The Bertz CT molecular complexity index is 561. The lowest BCUT2D eigenvalue weighted by atomic mass is 10.2. The van der Waals surface area contributed by atoms with Crippen molar-refractivity contribution in [2.24, 2.45) is 0 Å². The van der Waals surface area contributed by atoms with E-state index in [1.807, 2.05) is 36.4 Å². The van der Waals surface area contributed by atoms with E-state index in [-0.39, 0.29) is 0 Å². The molecule has 0 N–H and O–H groups in total. The summed E-state index contributed by atoms with van der Waals surface area (Å²) < 4.78 is 13.0. The summed E-state index contributed by atoms with van der Waals surface area (Å²) >= 11 is 7.00. The Balaban J connectivity index is 2.15. The van der Waals surface area contributed by atoms with E-state index in [9.17, 15) is 0 Å². The summed E-state index contributed by atoms with van der Waals surface area (Å²) in [6.07, 6.45) is 0. The third kappa shape index (κ3) is 5.51. The van der Waals surface area contributed by atoms with E-state index in [4.69, 9.17) is 20.9 Å². The first-order chi connectivity index (χ1) is 10.6. The monoisotopic (exact) mass is 353 g/mol. The molecule has 0 saturated heterocycles. The molecule has 118 valence electrons. The van der Waals surface area contributed by atoms with Gasteiger partial charge in [-0.25, -0.2) is 4.31 Å². The lowest BCUT2D eigenvalue weighted by Gasteiger charge is -2.26. The van der Waals surface area contributed by atoms with Crippen LogP contribution < -0.4 is 0 Å². The molecule has 3 nitrogen and oxygen atoms in total. The molecule has 0 aromatic heterocycles. The topological polar surface area (TPSA) is 21.7 Å². The van der Waals surface area contributed by atoms with Crippen molar-refractivity contribution in [1.82, 2.24) is 4.31 Å². The van der Waals surface area contributed by atoms with Crippen molar-refractivity contribution in [3.63, 3.8) is 0 Å². The van der Waals surface area contributed by atoms with Crippen LogP contribution in [0.5, 0.6) is 0 Å². The lowest BCUT2D eigenvalue weighted by Crippen LogP contribution is -2.15. The molecular formula is C16H20NO2PS2. The maximum Gasteiger partial charge on any atom is 0.261 e. The zero-order chi connectivity index (χ0) is 15.8. The summed E-state index contributed by atoms with van der Waals surface area (Å²) in [5.41, 5.74) is 0.136. The third-order valence-electron chi connectivity index (χ3n) is 3.07. The predicted molar refractivity (Wildman–Crippen MR) is 98.0 cm³/mol. The first-order valence-electron chi connectivity index (χ1n) is 6.89. The number of benzene rings is 2. The average molecular weight is 353 g/mol. The number of hydrogen-bond donors (Lipinski definition) is 0. The van der Waals surface area contributed by atoms with Crippen molar-refractivity contribution in [3.05, 3.63) is 71.8 Å². The van der Waals surface area contributed by atoms with Gasteiger partial charge in [-0.2, -0.15) is 0 Å². The molecule has 0 fully saturated rings. The summed E-state index contributed by atoms with van der Waals surface area (Å²) in [6, 6.07) is 20.7. The van der Waals surface area contributed by atoms with Gasteiger partial charge in [0, 0.05) is 38.9 Å². The minimum absolute atomic E-state index is 0.783. The fourth-order valence-electron chi connectivity index (χ4n) is 1.97. The molecule has 0 spiro atoms. The molecule has 0 aliphatic heterocycles. The molecule has 2 rings (SSSR count). The van der Waals surface area contributed by atoms with Crippen molar-refractivity contribution in [1.29, 1.82) is 0 Å².